The number of nitrogens with one attached hydrogen (secondary N) is 1. The molecule has 0 aliphatic heterocycles. The molecule has 0 spiro atoms. The fourth-order valence-corrected chi connectivity index (χ4v) is 6.17. The summed E-state index contributed by atoms with van der Waals surface area (Å²) in [6.45, 7) is 7.22. The standard InChI is InChI=1S/C31H34N4O5S/c1-21-14-22(2)16-27(15-21)34(41(37,38)28-12-13-29(39-5)30(18-28)40-6)20-31(36)33-32-19-25-17-23(3)35(24(25)4)26-10-8-7-9-11-26/h7-19H,20H2,1-6H3,(H,33,36)/b32-19+. The van der Waals surface area contributed by atoms with E-state index in [0.29, 0.717) is 11.4 Å². The van der Waals surface area contributed by atoms with E-state index in [-0.39, 0.29) is 10.6 Å². The monoisotopic (exact) mass is 574 g/mol. The van der Waals surface area contributed by atoms with Crippen LogP contribution in [0.4, 0.5) is 5.69 Å². The van der Waals surface area contributed by atoms with Crippen LogP contribution in [0, 0.1) is 27.7 Å². The summed E-state index contributed by atoms with van der Waals surface area (Å²) in [7, 11) is -1.28. The van der Waals surface area contributed by atoms with Crippen LogP contribution < -0.4 is 19.2 Å². The Morgan fingerprint density at radius 2 is 1.56 bits per heavy atom. The van der Waals surface area contributed by atoms with Crippen molar-refractivity contribution in [2.75, 3.05) is 25.1 Å². The van der Waals surface area contributed by atoms with Gasteiger partial charge in [-0.1, -0.05) is 24.3 Å². The quantitative estimate of drug-likeness (QED) is 0.210. The van der Waals surface area contributed by atoms with Crippen LogP contribution in [0.2, 0.25) is 0 Å². The number of benzene rings is 3. The molecule has 1 aromatic heterocycles. The fourth-order valence-electron chi connectivity index (χ4n) is 4.75. The molecule has 4 rings (SSSR count). The number of amides is 1. The average Bonchev–Trinajstić information content (AvgIpc) is 3.23. The number of para-hydroxylation sites is 1. The van der Waals surface area contributed by atoms with Gasteiger partial charge in [0.2, 0.25) is 0 Å². The lowest BCUT2D eigenvalue weighted by atomic mass is 10.1. The highest BCUT2D eigenvalue weighted by molar-refractivity contribution is 7.92. The van der Waals surface area contributed by atoms with Gasteiger partial charge in [0.25, 0.3) is 15.9 Å². The first-order valence-corrected chi connectivity index (χ1v) is 14.4. The van der Waals surface area contributed by atoms with E-state index in [2.05, 4.69) is 15.1 Å². The molecule has 1 amide bonds. The van der Waals surface area contributed by atoms with Crippen molar-refractivity contribution in [1.29, 1.82) is 0 Å². The summed E-state index contributed by atoms with van der Waals surface area (Å²) in [5.41, 5.74) is 8.40. The third-order valence-corrected chi connectivity index (χ3v) is 8.37. The summed E-state index contributed by atoms with van der Waals surface area (Å²) in [6.07, 6.45) is 1.56. The second-order valence-corrected chi connectivity index (χ2v) is 11.5. The summed E-state index contributed by atoms with van der Waals surface area (Å²) >= 11 is 0. The van der Waals surface area contributed by atoms with Crippen LogP contribution in [0.3, 0.4) is 0 Å². The Kier molecular flexibility index (Phi) is 8.83. The molecule has 1 heterocycles. The van der Waals surface area contributed by atoms with Crippen LogP contribution in [0.15, 0.2) is 82.8 Å². The number of nitrogens with zero attached hydrogens (tertiary/aromatic N) is 3. The number of hydrazone groups is 1. The third-order valence-electron chi connectivity index (χ3n) is 6.60. The van der Waals surface area contributed by atoms with E-state index in [1.807, 2.05) is 70.2 Å². The molecule has 0 atom stereocenters. The van der Waals surface area contributed by atoms with Crippen molar-refractivity contribution in [3.05, 3.63) is 101 Å². The number of aryl methyl sites for hydroxylation is 3. The van der Waals surface area contributed by atoms with E-state index >= 15 is 0 Å². The molecule has 0 fully saturated rings. The van der Waals surface area contributed by atoms with Crippen LogP contribution in [0.1, 0.15) is 28.1 Å². The topological polar surface area (TPSA) is 102 Å². The van der Waals surface area contributed by atoms with Gasteiger partial charge in [0.05, 0.1) is 31.0 Å². The van der Waals surface area contributed by atoms with Crippen LogP contribution in [0.5, 0.6) is 11.5 Å². The fraction of sp³-hybridized carbons (Fsp3) is 0.226. The maximum Gasteiger partial charge on any atom is 0.264 e. The van der Waals surface area contributed by atoms with E-state index in [9.17, 15) is 13.2 Å². The van der Waals surface area contributed by atoms with Gasteiger partial charge in [0.15, 0.2) is 11.5 Å². The lowest BCUT2D eigenvalue weighted by Crippen LogP contribution is -2.39. The maximum atomic E-state index is 13.9. The number of sulfonamides is 1. The zero-order valence-corrected chi connectivity index (χ0v) is 24.8. The number of aromatic nitrogens is 1. The summed E-state index contributed by atoms with van der Waals surface area (Å²) in [4.78, 5) is 13.0. The van der Waals surface area contributed by atoms with Crippen molar-refractivity contribution in [3.63, 3.8) is 0 Å². The number of methoxy groups -OCH3 is 2. The molecule has 0 aliphatic carbocycles. The van der Waals surface area contributed by atoms with Crippen LogP contribution >= 0.6 is 0 Å². The first kappa shape index (κ1) is 29.4. The Morgan fingerprint density at radius 1 is 0.902 bits per heavy atom. The zero-order valence-electron chi connectivity index (χ0n) is 24.0. The lowest BCUT2D eigenvalue weighted by molar-refractivity contribution is -0.119. The van der Waals surface area contributed by atoms with Crippen molar-refractivity contribution < 1.29 is 22.7 Å². The molecule has 0 radical (unpaired) electrons. The average molecular weight is 575 g/mol. The summed E-state index contributed by atoms with van der Waals surface area (Å²) in [5.74, 6) is 0.0561. The maximum absolute atomic E-state index is 13.9. The normalized spacial score (nSPS) is 11.5. The number of ether oxygens (including phenoxy) is 2. The summed E-state index contributed by atoms with van der Waals surface area (Å²) < 4.78 is 41.5. The van der Waals surface area contributed by atoms with Gasteiger partial charge in [-0.05, 0) is 81.3 Å². The molecule has 0 saturated carbocycles. The third kappa shape index (κ3) is 6.44. The van der Waals surface area contributed by atoms with Crippen LogP contribution in [0.25, 0.3) is 5.69 Å². The highest BCUT2D eigenvalue weighted by atomic mass is 32.2. The largest absolute Gasteiger partial charge is 0.493 e. The van der Waals surface area contributed by atoms with Gasteiger partial charge < -0.3 is 14.0 Å². The Balaban J connectivity index is 1.61. The first-order chi connectivity index (χ1) is 19.5. The number of carbonyl (C=O) groups excluding carboxylic acids is 1. The van der Waals surface area contributed by atoms with E-state index < -0.39 is 22.5 Å². The van der Waals surface area contributed by atoms with Gasteiger partial charge in [-0.15, -0.1) is 0 Å². The molecule has 0 bridgehead atoms. The number of rotatable bonds is 10. The highest BCUT2D eigenvalue weighted by Gasteiger charge is 2.28. The molecule has 3 aromatic carbocycles. The summed E-state index contributed by atoms with van der Waals surface area (Å²) in [5, 5.41) is 4.14. The van der Waals surface area contributed by atoms with Crippen molar-refractivity contribution >= 4 is 27.8 Å². The number of hydrogen-bond donors (Lipinski definition) is 1. The second kappa shape index (κ2) is 12.3. The van der Waals surface area contributed by atoms with E-state index in [1.165, 1.54) is 32.4 Å². The number of hydrogen-bond acceptors (Lipinski definition) is 6. The highest BCUT2D eigenvalue weighted by Crippen LogP contribution is 2.32. The molecule has 0 saturated heterocycles. The molecule has 1 N–H and O–H groups in total. The van der Waals surface area contributed by atoms with Crippen molar-refractivity contribution in [1.82, 2.24) is 9.99 Å². The molecule has 0 aliphatic rings. The van der Waals surface area contributed by atoms with Crippen molar-refractivity contribution in [2.45, 2.75) is 32.6 Å². The molecule has 214 valence electrons. The SMILES string of the molecule is COc1ccc(S(=O)(=O)N(CC(=O)N/N=C/c2cc(C)n(-c3ccccc3)c2C)c2cc(C)cc(C)c2)cc1OC. The van der Waals surface area contributed by atoms with E-state index in [4.69, 9.17) is 9.47 Å². The Morgan fingerprint density at radius 3 is 2.20 bits per heavy atom. The van der Waals surface area contributed by atoms with Gasteiger partial charge in [0, 0.05) is 28.7 Å². The molecule has 10 heteroatoms. The van der Waals surface area contributed by atoms with Crippen LogP contribution in [-0.2, 0) is 14.8 Å². The molecule has 4 aromatic rings. The predicted molar refractivity (Wildman–Crippen MR) is 161 cm³/mol. The van der Waals surface area contributed by atoms with Crippen molar-refractivity contribution in [2.24, 2.45) is 5.10 Å². The Hall–Kier alpha value is -4.57. The van der Waals surface area contributed by atoms with E-state index in [0.717, 1.165) is 38.1 Å². The smallest absolute Gasteiger partial charge is 0.264 e. The Labute approximate surface area is 241 Å². The number of anilines is 1. The van der Waals surface area contributed by atoms with Gasteiger partial charge in [-0.3, -0.25) is 9.10 Å². The lowest BCUT2D eigenvalue weighted by Gasteiger charge is -2.25. The molecular formula is C31H34N4O5S. The van der Waals surface area contributed by atoms with Crippen molar-refractivity contribution in [3.8, 4) is 17.2 Å². The molecule has 9 nitrogen and oxygen atoms in total. The minimum Gasteiger partial charge on any atom is -0.493 e. The van der Waals surface area contributed by atoms with Gasteiger partial charge >= 0.3 is 0 Å². The minimum absolute atomic E-state index is 0.0426. The zero-order chi connectivity index (χ0) is 29.7. The predicted octanol–water partition coefficient (Wildman–Crippen LogP) is 5.07. The van der Waals surface area contributed by atoms with Crippen LogP contribution in [-0.4, -0.2) is 45.9 Å². The summed E-state index contributed by atoms with van der Waals surface area (Å²) in [6, 6.07) is 21.6. The first-order valence-electron chi connectivity index (χ1n) is 12.9. The van der Waals surface area contributed by atoms with Gasteiger partial charge in [0.1, 0.15) is 6.54 Å². The van der Waals surface area contributed by atoms with E-state index in [1.54, 1.807) is 18.3 Å². The minimum atomic E-state index is -4.18. The second-order valence-electron chi connectivity index (χ2n) is 9.66. The van der Waals surface area contributed by atoms with Gasteiger partial charge in [-0.2, -0.15) is 5.10 Å². The molecular weight excluding hydrogens is 540 g/mol. The van der Waals surface area contributed by atoms with Gasteiger partial charge in [-0.25, -0.2) is 13.8 Å². The molecule has 0 unspecified atom stereocenters. The Bertz CT molecular complexity index is 1670. The number of carbonyl (C=O) groups is 1. The molecule has 41 heavy (non-hydrogen) atoms.